The van der Waals surface area contributed by atoms with Crippen LogP contribution in [0.1, 0.15) is 60.0 Å². The zero-order valence-corrected chi connectivity index (χ0v) is 22.4. The Morgan fingerprint density at radius 3 is 2.40 bits per heavy atom. The first-order valence-corrected chi connectivity index (χ1v) is 13.7. The van der Waals surface area contributed by atoms with Crippen molar-refractivity contribution >= 4 is 11.0 Å². The van der Waals surface area contributed by atoms with E-state index in [0.29, 0.717) is 33.5 Å². The number of fused-ring (bicyclic) bond motifs is 1. The number of alkyl halides is 5. The maximum Gasteiger partial charge on any atom is 0.431 e. The van der Waals surface area contributed by atoms with Gasteiger partial charge in [-0.15, -0.1) is 0 Å². The average molecular weight is 595 g/mol. The molecule has 0 spiro atoms. The molecule has 5 aromatic rings. The Morgan fingerprint density at radius 1 is 0.977 bits per heavy atom. The Hall–Kier alpha value is -4.68. The molecule has 0 amide bonds. The highest BCUT2D eigenvalue weighted by atomic mass is 19.4. The SMILES string of the molecule is O=c1ccc2cnc(-c3c(OC(F)F)ncnc3C3CC3)nc2n1Cc1ccc(-c2[nH]c(C(F)(F)F)cc2C2CC2)cc1. The number of aromatic amines is 1. The van der Waals surface area contributed by atoms with Crippen molar-refractivity contribution < 1.29 is 26.7 Å². The molecule has 1 N–H and O–H groups in total. The van der Waals surface area contributed by atoms with Crippen molar-refractivity contribution in [1.29, 1.82) is 0 Å². The maximum absolute atomic E-state index is 13.4. The van der Waals surface area contributed by atoms with E-state index in [0.717, 1.165) is 25.7 Å². The third-order valence-electron chi connectivity index (χ3n) is 7.71. The van der Waals surface area contributed by atoms with Crippen molar-refractivity contribution in [2.45, 2.75) is 56.9 Å². The molecule has 220 valence electrons. The Labute approximate surface area is 240 Å². The molecular formula is C30H23F5N6O2. The number of hydrogen-bond donors (Lipinski definition) is 1. The second-order valence-corrected chi connectivity index (χ2v) is 10.8. The lowest BCUT2D eigenvalue weighted by molar-refractivity contribution is -0.140. The highest BCUT2D eigenvalue weighted by Gasteiger charge is 2.37. The van der Waals surface area contributed by atoms with Crippen molar-refractivity contribution in [1.82, 2.24) is 29.5 Å². The first-order chi connectivity index (χ1) is 20.7. The molecule has 0 aliphatic heterocycles. The highest BCUT2D eigenvalue weighted by molar-refractivity contribution is 5.78. The summed E-state index contributed by atoms with van der Waals surface area (Å²) in [5.41, 5.74) is 2.22. The van der Waals surface area contributed by atoms with E-state index in [2.05, 4.69) is 29.7 Å². The van der Waals surface area contributed by atoms with Crippen molar-refractivity contribution in [2.75, 3.05) is 0 Å². The van der Waals surface area contributed by atoms with Gasteiger partial charge in [0.15, 0.2) is 5.82 Å². The van der Waals surface area contributed by atoms with E-state index >= 15 is 0 Å². The number of aromatic nitrogens is 6. The number of hydrogen-bond acceptors (Lipinski definition) is 6. The number of H-pyrrole nitrogens is 1. The normalized spacial score (nSPS) is 15.4. The molecule has 0 radical (unpaired) electrons. The van der Waals surface area contributed by atoms with Crippen LogP contribution in [-0.2, 0) is 12.7 Å². The van der Waals surface area contributed by atoms with E-state index in [4.69, 9.17) is 0 Å². The lowest BCUT2D eigenvalue weighted by Crippen LogP contribution is -2.21. The van der Waals surface area contributed by atoms with E-state index in [1.54, 1.807) is 30.3 Å². The summed E-state index contributed by atoms with van der Waals surface area (Å²) >= 11 is 0. The number of halogens is 5. The van der Waals surface area contributed by atoms with Crippen molar-refractivity contribution in [2.24, 2.45) is 0 Å². The van der Waals surface area contributed by atoms with Crippen LogP contribution in [-0.4, -0.2) is 36.1 Å². The molecule has 2 aliphatic rings. The molecule has 8 nitrogen and oxygen atoms in total. The molecule has 43 heavy (non-hydrogen) atoms. The molecule has 2 fully saturated rings. The summed E-state index contributed by atoms with van der Waals surface area (Å²) in [4.78, 5) is 32.8. The van der Waals surface area contributed by atoms with Crippen LogP contribution in [0.15, 0.2) is 59.8 Å². The van der Waals surface area contributed by atoms with Gasteiger partial charge >= 0.3 is 12.8 Å². The van der Waals surface area contributed by atoms with Crippen LogP contribution in [0.5, 0.6) is 5.88 Å². The van der Waals surface area contributed by atoms with Gasteiger partial charge in [-0.05, 0) is 60.4 Å². The molecule has 0 saturated heterocycles. The third kappa shape index (κ3) is 5.35. The predicted molar refractivity (Wildman–Crippen MR) is 146 cm³/mol. The fourth-order valence-corrected chi connectivity index (χ4v) is 5.31. The standard InChI is InChI=1S/C30H23F5N6O2/c31-29(32)43-28-23(25(18-7-8-18)37-14-38-28)26-36-12-19-9-10-22(42)41(27(19)40-26)13-15-1-3-17(4-2-15)24-20(16-5-6-16)11-21(39-24)30(33,34)35/h1-4,9-12,14,16,18,29,39H,5-8,13H2. The fourth-order valence-electron chi connectivity index (χ4n) is 5.31. The largest absolute Gasteiger partial charge is 0.431 e. The van der Waals surface area contributed by atoms with Gasteiger partial charge in [-0.2, -0.15) is 22.0 Å². The quantitative estimate of drug-likeness (QED) is 0.202. The van der Waals surface area contributed by atoms with Gasteiger partial charge in [0, 0.05) is 29.3 Å². The van der Waals surface area contributed by atoms with Crippen molar-refractivity contribution in [3.63, 3.8) is 0 Å². The smallest absolute Gasteiger partial charge is 0.416 e. The number of nitrogens with zero attached hydrogens (tertiary/aromatic N) is 5. The molecule has 4 heterocycles. The Bertz CT molecular complexity index is 1890. The van der Waals surface area contributed by atoms with Crippen LogP contribution in [0.3, 0.4) is 0 Å². The minimum absolute atomic E-state index is 0.0427. The molecule has 0 atom stereocenters. The van der Waals surface area contributed by atoms with Crippen molar-refractivity contribution in [3.8, 4) is 28.5 Å². The number of benzene rings is 1. The zero-order valence-electron chi connectivity index (χ0n) is 22.4. The topological polar surface area (TPSA) is 98.6 Å². The van der Waals surface area contributed by atoms with Gasteiger partial charge in [0.05, 0.1) is 12.2 Å². The molecule has 0 unspecified atom stereocenters. The molecule has 13 heteroatoms. The fraction of sp³-hybridized carbons (Fsp3) is 0.300. The van der Waals surface area contributed by atoms with Gasteiger partial charge in [0.2, 0.25) is 5.88 Å². The maximum atomic E-state index is 13.4. The van der Waals surface area contributed by atoms with Gasteiger partial charge in [-0.3, -0.25) is 9.36 Å². The second-order valence-electron chi connectivity index (χ2n) is 10.8. The van der Waals surface area contributed by atoms with Gasteiger partial charge in [0.1, 0.15) is 23.2 Å². The monoisotopic (exact) mass is 594 g/mol. The molecule has 7 rings (SSSR count). The summed E-state index contributed by atoms with van der Waals surface area (Å²) in [6.07, 6.45) is 1.54. The van der Waals surface area contributed by atoms with Crippen LogP contribution in [0, 0.1) is 0 Å². The van der Waals surface area contributed by atoms with Crippen LogP contribution in [0.4, 0.5) is 22.0 Å². The Morgan fingerprint density at radius 2 is 1.72 bits per heavy atom. The highest BCUT2D eigenvalue weighted by Crippen LogP contribution is 2.47. The Balaban J connectivity index is 1.25. The van der Waals surface area contributed by atoms with E-state index in [-0.39, 0.29) is 46.9 Å². The van der Waals surface area contributed by atoms with E-state index < -0.39 is 18.5 Å². The molecule has 1 aromatic carbocycles. The zero-order chi connectivity index (χ0) is 29.9. The third-order valence-corrected chi connectivity index (χ3v) is 7.71. The number of rotatable bonds is 8. The average Bonchev–Trinajstić information content (AvgIpc) is 3.92. The van der Waals surface area contributed by atoms with E-state index in [1.807, 2.05) is 0 Å². The van der Waals surface area contributed by atoms with Crippen LogP contribution >= 0.6 is 0 Å². The predicted octanol–water partition coefficient (Wildman–Crippen LogP) is 6.67. The van der Waals surface area contributed by atoms with Crippen molar-refractivity contribution in [3.05, 3.63) is 87.9 Å². The van der Waals surface area contributed by atoms with Crippen LogP contribution in [0.25, 0.3) is 33.7 Å². The van der Waals surface area contributed by atoms with Gasteiger partial charge in [-0.25, -0.2) is 19.9 Å². The molecule has 2 saturated carbocycles. The minimum atomic E-state index is -4.48. The lowest BCUT2D eigenvalue weighted by Gasteiger charge is -2.14. The lowest BCUT2D eigenvalue weighted by atomic mass is 10.0. The summed E-state index contributed by atoms with van der Waals surface area (Å²) in [6, 6.07) is 11.1. The summed E-state index contributed by atoms with van der Waals surface area (Å²) < 4.78 is 72.8. The van der Waals surface area contributed by atoms with Crippen LogP contribution < -0.4 is 10.3 Å². The van der Waals surface area contributed by atoms with Gasteiger partial charge in [-0.1, -0.05) is 24.3 Å². The summed E-state index contributed by atoms with van der Waals surface area (Å²) in [5, 5.41) is 0.543. The molecule has 4 aromatic heterocycles. The van der Waals surface area contributed by atoms with Gasteiger partial charge in [0.25, 0.3) is 5.56 Å². The first-order valence-electron chi connectivity index (χ1n) is 13.7. The minimum Gasteiger partial charge on any atom is -0.416 e. The number of nitrogens with one attached hydrogen (secondary N) is 1. The van der Waals surface area contributed by atoms with E-state index in [9.17, 15) is 26.7 Å². The second kappa shape index (κ2) is 10.2. The molecule has 0 bridgehead atoms. The molecule has 2 aliphatic carbocycles. The number of pyridine rings is 1. The number of ether oxygens (including phenoxy) is 1. The summed E-state index contributed by atoms with van der Waals surface area (Å²) in [7, 11) is 0. The summed E-state index contributed by atoms with van der Waals surface area (Å²) in [6.45, 7) is -3.02. The summed E-state index contributed by atoms with van der Waals surface area (Å²) in [5.74, 6) is -0.135. The van der Waals surface area contributed by atoms with Crippen LogP contribution in [0.2, 0.25) is 0 Å². The first kappa shape index (κ1) is 27.2. The Kier molecular flexibility index (Phi) is 6.47. The van der Waals surface area contributed by atoms with E-state index in [1.165, 1.54) is 29.2 Å². The molecular weight excluding hydrogens is 571 g/mol. The van der Waals surface area contributed by atoms with Gasteiger partial charge < -0.3 is 9.72 Å².